The van der Waals surface area contributed by atoms with Gasteiger partial charge in [0.05, 0.1) is 13.1 Å². The quantitative estimate of drug-likeness (QED) is 0.857. The fraction of sp³-hybridized carbons (Fsp3) is 0.438. The van der Waals surface area contributed by atoms with E-state index in [0.717, 1.165) is 37.3 Å². The van der Waals surface area contributed by atoms with Crippen LogP contribution in [0, 0.1) is 0 Å². The zero-order chi connectivity index (χ0) is 15.5. The van der Waals surface area contributed by atoms with Gasteiger partial charge in [-0.1, -0.05) is 18.2 Å². The SMILES string of the molecule is O=C(c1ccccc1CN1C(=O)CNC1=O)N1CCCCC1. The van der Waals surface area contributed by atoms with Gasteiger partial charge in [-0.25, -0.2) is 4.79 Å². The van der Waals surface area contributed by atoms with Gasteiger partial charge in [-0.15, -0.1) is 0 Å². The standard InChI is InChI=1S/C16H19N3O3/c20-14-10-17-16(22)19(14)11-12-6-2-3-7-13(12)15(21)18-8-4-1-5-9-18/h2-3,6-7H,1,4-5,8-11H2,(H,17,22). The van der Waals surface area contributed by atoms with E-state index in [-0.39, 0.29) is 24.9 Å². The van der Waals surface area contributed by atoms with Crippen molar-refractivity contribution in [2.45, 2.75) is 25.8 Å². The first-order valence-electron chi connectivity index (χ1n) is 7.62. The summed E-state index contributed by atoms with van der Waals surface area (Å²) >= 11 is 0. The van der Waals surface area contributed by atoms with Crippen molar-refractivity contribution >= 4 is 17.8 Å². The van der Waals surface area contributed by atoms with Gasteiger partial charge >= 0.3 is 6.03 Å². The van der Waals surface area contributed by atoms with Gasteiger partial charge in [0.2, 0.25) is 5.91 Å². The Labute approximate surface area is 129 Å². The molecule has 0 aliphatic carbocycles. The highest BCUT2D eigenvalue weighted by Gasteiger charge is 2.30. The van der Waals surface area contributed by atoms with Crippen LogP contribution >= 0.6 is 0 Å². The van der Waals surface area contributed by atoms with Gasteiger partial charge in [0.1, 0.15) is 0 Å². The number of carbonyl (C=O) groups excluding carboxylic acids is 3. The van der Waals surface area contributed by atoms with Crippen LogP contribution in [-0.4, -0.2) is 47.3 Å². The monoisotopic (exact) mass is 301 g/mol. The number of urea groups is 1. The second kappa shape index (κ2) is 6.17. The van der Waals surface area contributed by atoms with Crippen LogP contribution in [0.4, 0.5) is 4.79 Å². The molecular weight excluding hydrogens is 282 g/mol. The number of rotatable bonds is 3. The second-order valence-corrected chi connectivity index (χ2v) is 5.65. The number of benzene rings is 1. The van der Waals surface area contributed by atoms with Crippen molar-refractivity contribution in [3.8, 4) is 0 Å². The van der Waals surface area contributed by atoms with E-state index in [0.29, 0.717) is 11.1 Å². The van der Waals surface area contributed by atoms with Crippen LogP contribution in [0.3, 0.4) is 0 Å². The number of imide groups is 1. The van der Waals surface area contributed by atoms with E-state index in [2.05, 4.69) is 5.32 Å². The minimum Gasteiger partial charge on any atom is -0.339 e. The Morgan fingerprint density at radius 3 is 2.50 bits per heavy atom. The van der Waals surface area contributed by atoms with Crippen LogP contribution in [0.5, 0.6) is 0 Å². The number of piperidine rings is 1. The molecule has 1 aromatic rings. The van der Waals surface area contributed by atoms with Crippen LogP contribution in [0.2, 0.25) is 0 Å². The topological polar surface area (TPSA) is 69.7 Å². The van der Waals surface area contributed by atoms with Gasteiger partial charge < -0.3 is 10.2 Å². The third-order valence-corrected chi connectivity index (χ3v) is 4.16. The maximum Gasteiger partial charge on any atom is 0.324 e. The van der Waals surface area contributed by atoms with E-state index in [4.69, 9.17) is 0 Å². The summed E-state index contributed by atoms with van der Waals surface area (Å²) < 4.78 is 0. The third kappa shape index (κ3) is 2.81. The summed E-state index contributed by atoms with van der Waals surface area (Å²) in [4.78, 5) is 39.1. The molecule has 0 aromatic heterocycles. The van der Waals surface area contributed by atoms with Crippen molar-refractivity contribution in [1.29, 1.82) is 0 Å². The van der Waals surface area contributed by atoms with E-state index < -0.39 is 6.03 Å². The highest BCUT2D eigenvalue weighted by Crippen LogP contribution is 2.18. The van der Waals surface area contributed by atoms with Crippen molar-refractivity contribution in [3.05, 3.63) is 35.4 Å². The highest BCUT2D eigenvalue weighted by atomic mass is 16.2. The Balaban J connectivity index is 1.81. The molecule has 116 valence electrons. The van der Waals surface area contributed by atoms with Crippen LogP contribution in [-0.2, 0) is 11.3 Å². The Morgan fingerprint density at radius 2 is 1.82 bits per heavy atom. The number of nitrogens with one attached hydrogen (secondary N) is 1. The lowest BCUT2D eigenvalue weighted by molar-refractivity contribution is -0.125. The van der Waals surface area contributed by atoms with Gasteiger partial charge in [-0.3, -0.25) is 14.5 Å². The van der Waals surface area contributed by atoms with E-state index in [1.165, 1.54) is 0 Å². The van der Waals surface area contributed by atoms with Gasteiger partial charge in [0.25, 0.3) is 5.91 Å². The summed E-state index contributed by atoms with van der Waals surface area (Å²) in [7, 11) is 0. The van der Waals surface area contributed by atoms with E-state index in [1.807, 2.05) is 17.0 Å². The van der Waals surface area contributed by atoms with Crippen molar-refractivity contribution in [1.82, 2.24) is 15.1 Å². The van der Waals surface area contributed by atoms with Crippen LogP contribution < -0.4 is 5.32 Å². The Morgan fingerprint density at radius 1 is 1.09 bits per heavy atom. The molecule has 4 amide bonds. The molecule has 2 aliphatic rings. The molecule has 0 bridgehead atoms. The average Bonchev–Trinajstić information content (AvgIpc) is 2.87. The van der Waals surface area contributed by atoms with E-state index >= 15 is 0 Å². The van der Waals surface area contributed by atoms with Crippen molar-refractivity contribution < 1.29 is 14.4 Å². The molecule has 2 aliphatic heterocycles. The summed E-state index contributed by atoms with van der Waals surface area (Å²) in [5.41, 5.74) is 1.29. The van der Waals surface area contributed by atoms with Gasteiger partial charge in [0, 0.05) is 18.7 Å². The highest BCUT2D eigenvalue weighted by molar-refractivity contribution is 6.02. The molecule has 6 nitrogen and oxygen atoms in total. The average molecular weight is 301 g/mol. The summed E-state index contributed by atoms with van der Waals surface area (Å²) in [5.74, 6) is -0.271. The second-order valence-electron chi connectivity index (χ2n) is 5.65. The zero-order valence-corrected chi connectivity index (χ0v) is 12.4. The molecule has 2 fully saturated rings. The molecule has 0 saturated carbocycles. The normalized spacial score (nSPS) is 18.5. The molecule has 0 unspecified atom stereocenters. The molecule has 2 saturated heterocycles. The lowest BCUT2D eigenvalue weighted by atomic mass is 10.0. The van der Waals surface area contributed by atoms with Crippen molar-refractivity contribution in [2.75, 3.05) is 19.6 Å². The molecular formula is C16H19N3O3. The maximum atomic E-state index is 12.7. The number of carbonyl (C=O) groups is 3. The van der Waals surface area contributed by atoms with Gasteiger partial charge in [-0.05, 0) is 30.9 Å². The zero-order valence-electron chi connectivity index (χ0n) is 12.4. The van der Waals surface area contributed by atoms with Crippen molar-refractivity contribution in [2.24, 2.45) is 0 Å². The number of hydrogen-bond acceptors (Lipinski definition) is 3. The summed E-state index contributed by atoms with van der Waals surface area (Å²) in [6.07, 6.45) is 3.22. The van der Waals surface area contributed by atoms with Crippen LogP contribution in [0.15, 0.2) is 24.3 Å². The van der Waals surface area contributed by atoms with Crippen molar-refractivity contribution in [3.63, 3.8) is 0 Å². The lowest BCUT2D eigenvalue weighted by Gasteiger charge is -2.27. The summed E-state index contributed by atoms with van der Waals surface area (Å²) in [6, 6.07) is 6.80. The molecule has 0 atom stereocenters. The minimum atomic E-state index is -0.398. The van der Waals surface area contributed by atoms with Crippen LogP contribution in [0.25, 0.3) is 0 Å². The smallest absolute Gasteiger partial charge is 0.324 e. The number of amides is 4. The number of nitrogens with zero attached hydrogens (tertiary/aromatic N) is 2. The molecule has 22 heavy (non-hydrogen) atoms. The Kier molecular flexibility index (Phi) is 4.09. The number of likely N-dealkylation sites (tertiary alicyclic amines) is 1. The van der Waals surface area contributed by atoms with E-state index in [9.17, 15) is 14.4 Å². The fourth-order valence-corrected chi connectivity index (χ4v) is 2.92. The predicted molar refractivity (Wildman–Crippen MR) is 80.1 cm³/mol. The maximum absolute atomic E-state index is 12.7. The molecule has 1 aromatic carbocycles. The fourth-order valence-electron chi connectivity index (χ4n) is 2.92. The third-order valence-electron chi connectivity index (χ3n) is 4.16. The van der Waals surface area contributed by atoms with Crippen LogP contribution in [0.1, 0.15) is 35.2 Å². The molecule has 1 N–H and O–H groups in total. The molecule has 0 radical (unpaired) electrons. The number of hydrogen-bond donors (Lipinski definition) is 1. The van der Waals surface area contributed by atoms with E-state index in [1.54, 1.807) is 12.1 Å². The molecule has 3 rings (SSSR count). The first kappa shape index (κ1) is 14.6. The first-order chi connectivity index (χ1) is 10.7. The van der Waals surface area contributed by atoms with Gasteiger partial charge in [0.15, 0.2) is 0 Å². The largest absolute Gasteiger partial charge is 0.339 e. The first-order valence-corrected chi connectivity index (χ1v) is 7.62. The molecule has 2 heterocycles. The predicted octanol–water partition coefficient (Wildman–Crippen LogP) is 1.36. The molecule has 6 heteroatoms. The lowest BCUT2D eigenvalue weighted by Crippen LogP contribution is -2.37. The van der Waals surface area contributed by atoms with Gasteiger partial charge in [-0.2, -0.15) is 0 Å². The Hall–Kier alpha value is -2.37. The minimum absolute atomic E-state index is 0.0117. The summed E-state index contributed by atoms with van der Waals surface area (Å²) in [6.45, 7) is 1.72. The Bertz CT molecular complexity index is 592. The molecule has 0 spiro atoms. The summed E-state index contributed by atoms with van der Waals surface area (Å²) in [5, 5.41) is 2.49.